The zero-order chi connectivity index (χ0) is 11.5. The smallest absolute Gasteiger partial charge is 0.259 e. The SMILES string of the molecule is O=C(c1c[nH]ccc1=O)N1CCCC(Br)C1. The van der Waals surface area contributed by atoms with Gasteiger partial charge in [-0.15, -0.1) is 0 Å². The van der Waals surface area contributed by atoms with E-state index in [4.69, 9.17) is 0 Å². The van der Waals surface area contributed by atoms with Gasteiger partial charge in [0, 0.05) is 36.4 Å². The van der Waals surface area contributed by atoms with Crippen molar-refractivity contribution in [2.45, 2.75) is 17.7 Å². The lowest BCUT2D eigenvalue weighted by molar-refractivity contribution is 0.0728. The van der Waals surface area contributed by atoms with Crippen LogP contribution < -0.4 is 5.43 Å². The average molecular weight is 285 g/mol. The van der Waals surface area contributed by atoms with Crippen molar-refractivity contribution in [2.24, 2.45) is 0 Å². The summed E-state index contributed by atoms with van der Waals surface area (Å²) in [5.74, 6) is -0.175. The van der Waals surface area contributed by atoms with Crippen molar-refractivity contribution in [3.8, 4) is 0 Å². The number of halogens is 1. The molecule has 1 fully saturated rings. The lowest BCUT2D eigenvalue weighted by Gasteiger charge is -2.29. The van der Waals surface area contributed by atoms with Gasteiger partial charge < -0.3 is 9.88 Å². The fraction of sp³-hybridized carbons (Fsp3) is 0.455. The van der Waals surface area contributed by atoms with E-state index in [1.54, 1.807) is 4.90 Å². The van der Waals surface area contributed by atoms with Crippen LogP contribution in [0.25, 0.3) is 0 Å². The first-order chi connectivity index (χ1) is 7.68. The Bertz CT molecular complexity index is 444. The van der Waals surface area contributed by atoms with Gasteiger partial charge in [0.1, 0.15) is 5.56 Å². The number of rotatable bonds is 1. The van der Waals surface area contributed by atoms with Crippen molar-refractivity contribution < 1.29 is 4.79 Å². The largest absolute Gasteiger partial charge is 0.367 e. The van der Waals surface area contributed by atoms with E-state index in [-0.39, 0.29) is 16.9 Å². The summed E-state index contributed by atoms with van der Waals surface area (Å²) in [7, 11) is 0. The van der Waals surface area contributed by atoms with Gasteiger partial charge in [0.15, 0.2) is 5.43 Å². The zero-order valence-corrected chi connectivity index (χ0v) is 10.4. The van der Waals surface area contributed by atoms with E-state index < -0.39 is 0 Å². The van der Waals surface area contributed by atoms with E-state index in [0.717, 1.165) is 19.4 Å². The minimum absolute atomic E-state index is 0.175. The topological polar surface area (TPSA) is 53.2 Å². The Morgan fingerprint density at radius 3 is 3.06 bits per heavy atom. The van der Waals surface area contributed by atoms with Crippen molar-refractivity contribution in [2.75, 3.05) is 13.1 Å². The highest BCUT2D eigenvalue weighted by atomic mass is 79.9. The summed E-state index contributed by atoms with van der Waals surface area (Å²) in [6, 6.07) is 1.38. The van der Waals surface area contributed by atoms with Gasteiger partial charge in [-0.1, -0.05) is 15.9 Å². The number of carbonyl (C=O) groups excluding carboxylic acids is 1. The summed E-state index contributed by atoms with van der Waals surface area (Å²) < 4.78 is 0. The predicted molar refractivity (Wildman–Crippen MR) is 64.9 cm³/mol. The Kier molecular flexibility index (Phi) is 3.43. The van der Waals surface area contributed by atoms with Gasteiger partial charge in [0.25, 0.3) is 5.91 Å². The number of nitrogens with zero attached hydrogens (tertiary/aromatic N) is 1. The summed E-state index contributed by atoms with van der Waals surface area (Å²) in [6.45, 7) is 1.41. The molecule has 0 saturated carbocycles. The molecule has 86 valence electrons. The minimum Gasteiger partial charge on any atom is -0.367 e. The molecule has 2 heterocycles. The number of piperidine rings is 1. The standard InChI is InChI=1S/C11H13BrN2O2/c12-8-2-1-5-14(7-8)11(16)9-6-13-4-3-10(9)15/h3-4,6,8H,1-2,5,7H2,(H,13,15). The molecule has 0 spiro atoms. The summed E-state index contributed by atoms with van der Waals surface area (Å²) in [4.78, 5) is 28.4. The number of H-pyrrole nitrogens is 1. The number of aromatic amines is 1. The Morgan fingerprint density at radius 1 is 1.56 bits per heavy atom. The van der Waals surface area contributed by atoms with E-state index in [9.17, 15) is 9.59 Å². The molecule has 1 aliphatic heterocycles. The molecule has 5 heteroatoms. The highest BCUT2D eigenvalue weighted by molar-refractivity contribution is 9.09. The lowest BCUT2D eigenvalue weighted by Crippen LogP contribution is -2.41. The molecule has 0 radical (unpaired) electrons. The van der Waals surface area contributed by atoms with Crippen LogP contribution in [0.15, 0.2) is 23.3 Å². The van der Waals surface area contributed by atoms with E-state index in [1.165, 1.54) is 18.5 Å². The van der Waals surface area contributed by atoms with Crippen LogP contribution in [0.3, 0.4) is 0 Å². The molecule has 1 aliphatic rings. The van der Waals surface area contributed by atoms with Crippen molar-refractivity contribution in [1.82, 2.24) is 9.88 Å². The Labute approximate surface area is 102 Å². The van der Waals surface area contributed by atoms with Crippen molar-refractivity contribution in [3.05, 3.63) is 34.2 Å². The van der Waals surface area contributed by atoms with Gasteiger partial charge in [-0.2, -0.15) is 0 Å². The third-order valence-corrected chi connectivity index (χ3v) is 3.45. The number of nitrogens with one attached hydrogen (secondary N) is 1. The van der Waals surface area contributed by atoms with E-state index in [2.05, 4.69) is 20.9 Å². The first-order valence-electron chi connectivity index (χ1n) is 5.29. The summed E-state index contributed by atoms with van der Waals surface area (Å²) in [5.41, 5.74) is 0.00421. The Hall–Kier alpha value is -1.10. The van der Waals surface area contributed by atoms with Gasteiger partial charge in [-0.3, -0.25) is 9.59 Å². The first kappa shape index (κ1) is 11.4. The molecule has 0 bridgehead atoms. The molecule has 16 heavy (non-hydrogen) atoms. The molecule has 1 N–H and O–H groups in total. The molecular formula is C11H13BrN2O2. The summed E-state index contributed by atoms with van der Waals surface area (Å²) in [5, 5.41) is 0. The minimum atomic E-state index is -0.222. The van der Waals surface area contributed by atoms with Crippen LogP contribution in [0, 0.1) is 0 Å². The second-order valence-corrected chi connectivity index (χ2v) is 5.21. The number of pyridine rings is 1. The van der Waals surface area contributed by atoms with Gasteiger partial charge in [0.05, 0.1) is 0 Å². The molecule has 1 aromatic heterocycles. The van der Waals surface area contributed by atoms with Gasteiger partial charge in [-0.25, -0.2) is 0 Å². The fourth-order valence-corrected chi connectivity index (χ4v) is 2.54. The molecule has 0 aromatic carbocycles. The monoisotopic (exact) mass is 284 g/mol. The van der Waals surface area contributed by atoms with E-state index >= 15 is 0 Å². The molecule has 1 atom stereocenters. The average Bonchev–Trinajstić information content (AvgIpc) is 2.29. The zero-order valence-electron chi connectivity index (χ0n) is 8.78. The predicted octanol–water partition coefficient (Wildman–Crippen LogP) is 1.37. The molecule has 0 aliphatic carbocycles. The van der Waals surface area contributed by atoms with Crippen LogP contribution in [0.1, 0.15) is 23.2 Å². The maximum Gasteiger partial charge on any atom is 0.259 e. The Balaban J connectivity index is 2.19. The number of hydrogen-bond donors (Lipinski definition) is 1. The van der Waals surface area contributed by atoms with Gasteiger partial charge in [-0.05, 0) is 12.8 Å². The summed E-state index contributed by atoms with van der Waals surface area (Å²) in [6.07, 6.45) is 5.06. The summed E-state index contributed by atoms with van der Waals surface area (Å²) >= 11 is 3.51. The Morgan fingerprint density at radius 2 is 2.38 bits per heavy atom. The number of carbonyl (C=O) groups is 1. The highest BCUT2D eigenvalue weighted by Crippen LogP contribution is 2.17. The second-order valence-electron chi connectivity index (χ2n) is 3.91. The van der Waals surface area contributed by atoms with Crippen LogP contribution in [-0.2, 0) is 0 Å². The third kappa shape index (κ3) is 2.35. The molecule has 4 nitrogen and oxygen atoms in total. The highest BCUT2D eigenvalue weighted by Gasteiger charge is 2.24. The number of hydrogen-bond acceptors (Lipinski definition) is 2. The number of amides is 1. The molecular weight excluding hydrogens is 272 g/mol. The molecule has 1 aromatic rings. The molecule has 2 rings (SSSR count). The van der Waals surface area contributed by atoms with E-state index in [1.807, 2.05) is 0 Å². The van der Waals surface area contributed by atoms with Crippen LogP contribution in [0.5, 0.6) is 0 Å². The second kappa shape index (κ2) is 4.82. The third-order valence-electron chi connectivity index (χ3n) is 2.71. The van der Waals surface area contributed by atoms with Crippen LogP contribution >= 0.6 is 15.9 Å². The first-order valence-corrected chi connectivity index (χ1v) is 6.20. The quantitative estimate of drug-likeness (QED) is 0.792. The number of alkyl halides is 1. The maximum absolute atomic E-state index is 12.1. The van der Waals surface area contributed by atoms with Crippen molar-refractivity contribution in [3.63, 3.8) is 0 Å². The van der Waals surface area contributed by atoms with Gasteiger partial charge >= 0.3 is 0 Å². The van der Waals surface area contributed by atoms with Crippen LogP contribution in [-0.4, -0.2) is 33.7 Å². The van der Waals surface area contributed by atoms with Gasteiger partial charge in [0.2, 0.25) is 0 Å². The van der Waals surface area contributed by atoms with Crippen LogP contribution in [0.4, 0.5) is 0 Å². The fourth-order valence-electron chi connectivity index (χ4n) is 1.86. The lowest BCUT2D eigenvalue weighted by atomic mass is 10.1. The van der Waals surface area contributed by atoms with E-state index in [0.29, 0.717) is 11.4 Å². The van der Waals surface area contributed by atoms with Crippen molar-refractivity contribution in [1.29, 1.82) is 0 Å². The number of aromatic nitrogens is 1. The molecule has 1 unspecified atom stereocenters. The van der Waals surface area contributed by atoms with Crippen LogP contribution in [0.2, 0.25) is 0 Å². The number of likely N-dealkylation sites (tertiary alicyclic amines) is 1. The van der Waals surface area contributed by atoms with Crippen molar-refractivity contribution >= 4 is 21.8 Å². The maximum atomic E-state index is 12.1. The molecule has 1 saturated heterocycles. The molecule has 1 amide bonds. The normalized spacial score (nSPS) is 20.8.